The zero-order valence-electron chi connectivity index (χ0n) is 18.5. The summed E-state index contributed by atoms with van der Waals surface area (Å²) in [5, 5.41) is 7.06. The topological polar surface area (TPSA) is 68.2 Å². The van der Waals surface area contributed by atoms with Gasteiger partial charge in [0.25, 0.3) is 11.8 Å². The first-order valence-corrected chi connectivity index (χ1v) is 11.9. The molecule has 0 aromatic heterocycles. The summed E-state index contributed by atoms with van der Waals surface area (Å²) in [6, 6.07) is 11.2. The molecule has 3 aromatic rings. The zero-order valence-corrected chi connectivity index (χ0v) is 20.1. The third-order valence-electron chi connectivity index (χ3n) is 5.95. The fourth-order valence-corrected chi connectivity index (χ4v) is 5.08. The second kappa shape index (κ2) is 8.63. The lowest BCUT2D eigenvalue weighted by Crippen LogP contribution is -2.36. The van der Waals surface area contributed by atoms with Crippen LogP contribution in [-0.2, 0) is 12.8 Å². The first kappa shape index (κ1) is 21.6. The van der Waals surface area contributed by atoms with E-state index in [9.17, 15) is 9.59 Å². The Morgan fingerprint density at radius 3 is 2.24 bits per heavy atom. The number of hydrazone groups is 1. The minimum Gasteiger partial charge on any atom is -0.490 e. The van der Waals surface area contributed by atoms with Crippen LogP contribution in [-0.4, -0.2) is 36.3 Å². The minimum atomic E-state index is -0.411. The molecule has 0 fully saturated rings. The molecule has 168 valence electrons. The van der Waals surface area contributed by atoms with Gasteiger partial charge in [-0.3, -0.25) is 9.59 Å². The molecular weight excluding hydrogens is 484 g/mol. The van der Waals surface area contributed by atoms with Crippen LogP contribution in [0.3, 0.4) is 0 Å². The van der Waals surface area contributed by atoms with Gasteiger partial charge in [0, 0.05) is 5.39 Å². The van der Waals surface area contributed by atoms with Gasteiger partial charge in [0.15, 0.2) is 11.5 Å². The maximum atomic E-state index is 13.2. The molecule has 0 bridgehead atoms. The van der Waals surface area contributed by atoms with Crippen molar-refractivity contribution in [2.45, 2.75) is 33.1 Å². The Bertz CT molecular complexity index is 1270. The minimum absolute atomic E-state index is 0.411. The summed E-state index contributed by atoms with van der Waals surface area (Å²) in [6.45, 7) is 4.97. The Balaban J connectivity index is 1.51. The monoisotopic (exact) mass is 506 g/mol. The molecule has 1 aliphatic carbocycles. The highest BCUT2D eigenvalue weighted by molar-refractivity contribution is 9.10. The van der Waals surface area contributed by atoms with Gasteiger partial charge in [0.05, 0.1) is 35.0 Å². The number of ether oxygens (including phenoxy) is 2. The van der Waals surface area contributed by atoms with Gasteiger partial charge in [0.1, 0.15) is 0 Å². The number of hydrogen-bond donors (Lipinski definition) is 0. The second-order valence-corrected chi connectivity index (χ2v) is 8.93. The van der Waals surface area contributed by atoms with Crippen molar-refractivity contribution in [3.63, 3.8) is 0 Å². The lowest BCUT2D eigenvalue weighted by atomic mass is 9.92. The Hall–Kier alpha value is -3.19. The number of imide groups is 1. The van der Waals surface area contributed by atoms with Crippen LogP contribution >= 0.6 is 15.9 Å². The van der Waals surface area contributed by atoms with Crippen molar-refractivity contribution in [1.29, 1.82) is 0 Å². The van der Waals surface area contributed by atoms with E-state index in [1.165, 1.54) is 17.3 Å². The number of nitrogens with zero attached hydrogens (tertiary/aromatic N) is 2. The normalized spacial score (nSPS) is 14.6. The van der Waals surface area contributed by atoms with E-state index in [-0.39, 0.29) is 0 Å². The number of halogens is 1. The maximum Gasteiger partial charge on any atom is 0.282 e. The number of rotatable bonds is 7. The Morgan fingerprint density at radius 2 is 1.64 bits per heavy atom. The van der Waals surface area contributed by atoms with Gasteiger partial charge in [-0.2, -0.15) is 10.1 Å². The number of benzene rings is 3. The van der Waals surface area contributed by atoms with Crippen LogP contribution in [0.4, 0.5) is 0 Å². The largest absolute Gasteiger partial charge is 0.490 e. The molecule has 0 N–H and O–H groups in total. The SMILES string of the molecule is CCCOc1c(Br)cc(/C=N\N2C(=O)c3ccc4c5c(ccc(c35)C2=O)CC4)cc1OCC. The molecule has 2 amide bonds. The van der Waals surface area contributed by atoms with Gasteiger partial charge < -0.3 is 9.47 Å². The van der Waals surface area contributed by atoms with Crippen molar-refractivity contribution in [2.24, 2.45) is 5.10 Å². The predicted molar refractivity (Wildman–Crippen MR) is 131 cm³/mol. The smallest absolute Gasteiger partial charge is 0.282 e. The van der Waals surface area contributed by atoms with Crippen LogP contribution in [0, 0.1) is 0 Å². The van der Waals surface area contributed by atoms with Gasteiger partial charge in [-0.15, -0.1) is 0 Å². The summed E-state index contributed by atoms with van der Waals surface area (Å²) in [6.07, 6.45) is 4.25. The van der Waals surface area contributed by atoms with E-state index in [0.717, 1.165) is 35.0 Å². The molecule has 1 aliphatic heterocycles. The summed E-state index contributed by atoms with van der Waals surface area (Å²) in [7, 11) is 0. The number of carbonyl (C=O) groups is 2. The van der Waals surface area contributed by atoms with E-state index >= 15 is 0 Å². The molecule has 2 aliphatic rings. The summed E-state index contributed by atoms with van der Waals surface area (Å²) in [5.41, 5.74) is 4.10. The van der Waals surface area contributed by atoms with Gasteiger partial charge in [-0.25, -0.2) is 0 Å². The zero-order chi connectivity index (χ0) is 23.1. The van der Waals surface area contributed by atoms with Crippen molar-refractivity contribution in [3.8, 4) is 11.5 Å². The van der Waals surface area contributed by atoms with Crippen molar-refractivity contribution in [3.05, 3.63) is 68.7 Å². The fourth-order valence-electron chi connectivity index (χ4n) is 4.50. The standard InChI is InChI=1S/C26H23BrN2O4/c1-3-11-33-24-20(27)12-15(13-21(24)32-4-2)14-28-29-25(30)18-9-7-16-5-6-17-8-10-19(26(29)31)23(18)22(16)17/h7-10,12-14H,3-6,11H2,1-2H3/b28-14-. The highest BCUT2D eigenvalue weighted by Gasteiger charge is 2.35. The van der Waals surface area contributed by atoms with Crippen LogP contribution < -0.4 is 9.47 Å². The lowest BCUT2D eigenvalue weighted by Gasteiger charge is -2.23. The maximum absolute atomic E-state index is 13.2. The van der Waals surface area contributed by atoms with E-state index in [1.54, 1.807) is 6.07 Å². The Kier molecular flexibility index (Phi) is 5.66. The molecule has 0 radical (unpaired) electrons. The molecule has 5 rings (SSSR count). The average molecular weight is 507 g/mol. The molecular formula is C26H23BrN2O4. The molecule has 1 heterocycles. The Morgan fingerprint density at radius 1 is 0.970 bits per heavy atom. The van der Waals surface area contributed by atoms with Gasteiger partial charge >= 0.3 is 0 Å². The molecule has 0 saturated carbocycles. The molecule has 0 spiro atoms. The van der Waals surface area contributed by atoms with Crippen LogP contribution in [0.15, 0.2) is 46.0 Å². The third kappa shape index (κ3) is 3.60. The predicted octanol–water partition coefficient (Wildman–Crippen LogP) is 5.52. The van der Waals surface area contributed by atoms with E-state index in [1.807, 2.05) is 44.2 Å². The van der Waals surface area contributed by atoms with Gasteiger partial charge in [-0.05, 0) is 88.5 Å². The third-order valence-corrected chi connectivity index (χ3v) is 6.54. The molecule has 7 heteroatoms. The van der Waals surface area contributed by atoms with E-state index in [4.69, 9.17) is 9.47 Å². The first-order valence-electron chi connectivity index (χ1n) is 11.1. The quantitative estimate of drug-likeness (QED) is 0.312. The average Bonchev–Trinajstić information content (AvgIpc) is 3.23. The van der Waals surface area contributed by atoms with E-state index in [0.29, 0.717) is 45.9 Å². The molecule has 0 atom stereocenters. The lowest BCUT2D eigenvalue weighted by molar-refractivity contribution is 0.0616. The molecule has 33 heavy (non-hydrogen) atoms. The molecule has 6 nitrogen and oxygen atoms in total. The summed E-state index contributed by atoms with van der Waals surface area (Å²) < 4.78 is 12.3. The highest BCUT2D eigenvalue weighted by atomic mass is 79.9. The molecule has 0 saturated heterocycles. The van der Waals surface area contributed by atoms with Crippen LogP contribution in [0.25, 0.3) is 10.8 Å². The number of amides is 2. The second-order valence-electron chi connectivity index (χ2n) is 8.07. The fraction of sp³-hybridized carbons (Fsp3) is 0.269. The van der Waals surface area contributed by atoms with E-state index in [2.05, 4.69) is 21.0 Å². The number of carbonyl (C=O) groups excluding carboxylic acids is 2. The van der Waals surface area contributed by atoms with Crippen LogP contribution in [0.5, 0.6) is 11.5 Å². The van der Waals surface area contributed by atoms with Crippen molar-refractivity contribution in [1.82, 2.24) is 5.01 Å². The van der Waals surface area contributed by atoms with Crippen molar-refractivity contribution < 1.29 is 19.1 Å². The van der Waals surface area contributed by atoms with Crippen molar-refractivity contribution >= 4 is 44.7 Å². The van der Waals surface area contributed by atoms with Gasteiger partial charge in [-0.1, -0.05) is 19.1 Å². The van der Waals surface area contributed by atoms with Crippen LogP contribution in [0.1, 0.15) is 57.7 Å². The first-order chi connectivity index (χ1) is 16.0. The summed E-state index contributed by atoms with van der Waals surface area (Å²) >= 11 is 3.53. The highest BCUT2D eigenvalue weighted by Crippen LogP contribution is 2.39. The molecule has 0 unspecified atom stereocenters. The number of aryl methyl sites for hydroxylation is 2. The Labute approximate surface area is 200 Å². The number of hydrogen-bond acceptors (Lipinski definition) is 5. The van der Waals surface area contributed by atoms with Crippen molar-refractivity contribution in [2.75, 3.05) is 13.2 Å². The molecule has 3 aromatic carbocycles. The summed E-state index contributed by atoms with van der Waals surface area (Å²) in [4.78, 5) is 26.4. The van der Waals surface area contributed by atoms with Gasteiger partial charge in [0.2, 0.25) is 0 Å². The summed E-state index contributed by atoms with van der Waals surface area (Å²) in [5.74, 6) is 0.378. The van der Waals surface area contributed by atoms with E-state index < -0.39 is 11.8 Å². The van der Waals surface area contributed by atoms with Crippen LogP contribution in [0.2, 0.25) is 0 Å².